The Morgan fingerprint density at radius 2 is 2.57 bits per heavy atom. The third-order valence-corrected chi connectivity index (χ3v) is 3.81. The van der Waals surface area contributed by atoms with Crippen LogP contribution in [0.4, 0.5) is 0 Å². The predicted molar refractivity (Wildman–Crippen MR) is 59.4 cm³/mol. The van der Waals surface area contributed by atoms with Crippen LogP contribution in [-0.4, -0.2) is 29.5 Å². The van der Waals surface area contributed by atoms with Gasteiger partial charge in [0.15, 0.2) is 0 Å². The molecule has 0 bridgehead atoms. The lowest BCUT2D eigenvalue weighted by atomic mass is 10.1. The van der Waals surface area contributed by atoms with Gasteiger partial charge in [-0.2, -0.15) is 0 Å². The predicted octanol–water partition coefficient (Wildman–Crippen LogP) is 1.24. The van der Waals surface area contributed by atoms with E-state index in [4.69, 9.17) is 5.73 Å². The Hall–Kier alpha value is -0.450. The van der Waals surface area contributed by atoms with Gasteiger partial charge in [-0.1, -0.05) is 0 Å². The zero-order chi connectivity index (χ0) is 9.97. The van der Waals surface area contributed by atoms with Gasteiger partial charge in [-0.3, -0.25) is 0 Å². The van der Waals surface area contributed by atoms with Crippen molar-refractivity contribution in [3.05, 3.63) is 16.1 Å². The Morgan fingerprint density at radius 3 is 3.14 bits per heavy atom. The first-order valence-electron chi connectivity index (χ1n) is 5.13. The summed E-state index contributed by atoms with van der Waals surface area (Å²) in [5.74, 6) is 0. The molecule has 1 unspecified atom stereocenters. The largest absolute Gasteiger partial charge is 0.325 e. The Bertz CT molecular complexity index is 297. The maximum absolute atomic E-state index is 5.53. The van der Waals surface area contributed by atoms with Gasteiger partial charge in [0.05, 0.1) is 10.7 Å². The first-order valence-corrected chi connectivity index (χ1v) is 6.01. The fraction of sp³-hybridized carbons (Fsp3) is 0.700. The number of rotatable bonds is 3. The van der Waals surface area contributed by atoms with Crippen LogP contribution in [0.1, 0.15) is 23.5 Å². The SMILES string of the molecule is CN1CCCC1Cc1nc(CN)cs1. The number of likely N-dealkylation sites (tertiary alicyclic amines) is 1. The number of nitrogens with two attached hydrogens (primary N) is 1. The summed E-state index contributed by atoms with van der Waals surface area (Å²) in [7, 11) is 2.20. The van der Waals surface area contributed by atoms with Crippen LogP contribution in [0.5, 0.6) is 0 Å². The van der Waals surface area contributed by atoms with Gasteiger partial charge >= 0.3 is 0 Å². The van der Waals surface area contributed by atoms with Crippen molar-refractivity contribution in [3.63, 3.8) is 0 Å². The summed E-state index contributed by atoms with van der Waals surface area (Å²) in [6.07, 6.45) is 3.74. The molecule has 1 saturated heterocycles. The van der Waals surface area contributed by atoms with E-state index in [1.807, 2.05) is 0 Å². The van der Waals surface area contributed by atoms with Gasteiger partial charge in [0.2, 0.25) is 0 Å². The smallest absolute Gasteiger partial charge is 0.0944 e. The van der Waals surface area contributed by atoms with Crippen LogP contribution in [0.3, 0.4) is 0 Å². The lowest BCUT2D eigenvalue weighted by molar-refractivity contribution is 0.309. The van der Waals surface area contributed by atoms with E-state index in [1.54, 1.807) is 11.3 Å². The summed E-state index contributed by atoms with van der Waals surface area (Å²) in [6.45, 7) is 1.80. The average Bonchev–Trinajstić information content (AvgIpc) is 2.77. The van der Waals surface area contributed by atoms with Gasteiger partial charge in [-0.15, -0.1) is 11.3 Å². The van der Waals surface area contributed by atoms with Crippen LogP contribution >= 0.6 is 11.3 Å². The molecule has 2 N–H and O–H groups in total. The van der Waals surface area contributed by atoms with Crippen LogP contribution < -0.4 is 5.73 Å². The van der Waals surface area contributed by atoms with Gasteiger partial charge in [-0.25, -0.2) is 4.98 Å². The van der Waals surface area contributed by atoms with Crippen LogP contribution in [0, 0.1) is 0 Å². The fourth-order valence-corrected chi connectivity index (χ4v) is 2.85. The highest BCUT2D eigenvalue weighted by Crippen LogP contribution is 2.21. The minimum Gasteiger partial charge on any atom is -0.325 e. The molecule has 14 heavy (non-hydrogen) atoms. The summed E-state index contributed by atoms with van der Waals surface area (Å²) < 4.78 is 0. The zero-order valence-corrected chi connectivity index (χ0v) is 9.39. The lowest BCUT2D eigenvalue weighted by Gasteiger charge is -2.17. The molecule has 2 rings (SSSR count). The van der Waals surface area contributed by atoms with E-state index in [-0.39, 0.29) is 0 Å². The molecule has 4 heteroatoms. The number of thiazole rings is 1. The molecule has 78 valence electrons. The van der Waals surface area contributed by atoms with E-state index in [0.717, 1.165) is 12.1 Å². The van der Waals surface area contributed by atoms with Crippen molar-refractivity contribution in [1.82, 2.24) is 9.88 Å². The fourth-order valence-electron chi connectivity index (χ4n) is 1.98. The Balaban J connectivity index is 1.96. The van der Waals surface area contributed by atoms with E-state index in [1.165, 1.54) is 24.4 Å². The molecule has 0 aromatic carbocycles. The molecule has 0 spiro atoms. The van der Waals surface area contributed by atoms with E-state index in [9.17, 15) is 0 Å². The number of nitrogens with zero attached hydrogens (tertiary/aromatic N) is 2. The third kappa shape index (κ3) is 2.13. The summed E-state index contributed by atoms with van der Waals surface area (Å²) in [6, 6.07) is 0.701. The quantitative estimate of drug-likeness (QED) is 0.818. The van der Waals surface area contributed by atoms with Crippen LogP contribution in [0.15, 0.2) is 5.38 Å². The Kier molecular flexibility index (Phi) is 3.15. The third-order valence-electron chi connectivity index (χ3n) is 2.89. The molecular weight excluding hydrogens is 194 g/mol. The Morgan fingerprint density at radius 1 is 1.71 bits per heavy atom. The molecule has 1 aliphatic heterocycles. The number of likely N-dealkylation sites (N-methyl/N-ethyl adjacent to an activating group) is 1. The van der Waals surface area contributed by atoms with Crippen molar-refractivity contribution < 1.29 is 0 Å². The second kappa shape index (κ2) is 4.38. The highest BCUT2D eigenvalue weighted by Gasteiger charge is 2.21. The van der Waals surface area contributed by atoms with Crippen LogP contribution in [0.2, 0.25) is 0 Å². The molecule has 0 amide bonds. The highest BCUT2D eigenvalue weighted by molar-refractivity contribution is 7.09. The monoisotopic (exact) mass is 211 g/mol. The van der Waals surface area contributed by atoms with E-state index in [0.29, 0.717) is 12.6 Å². The molecule has 1 aromatic rings. The molecule has 1 fully saturated rings. The van der Waals surface area contributed by atoms with Gasteiger partial charge in [0.1, 0.15) is 0 Å². The standard InChI is InChI=1S/C10H17N3S/c1-13-4-2-3-9(13)5-10-12-8(6-11)7-14-10/h7,9H,2-6,11H2,1H3. The van der Waals surface area contributed by atoms with Crippen molar-refractivity contribution in [2.75, 3.05) is 13.6 Å². The van der Waals surface area contributed by atoms with Gasteiger partial charge in [-0.05, 0) is 26.4 Å². The Labute approximate surface area is 88.9 Å². The van der Waals surface area contributed by atoms with Crippen molar-refractivity contribution in [2.45, 2.75) is 31.8 Å². The van der Waals surface area contributed by atoms with E-state index < -0.39 is 0 Å². The van der Waals surface area contributed by atoms with Gasteiger partial charge < -0.3 is 10.6 Å². The summed E-state index contributed by atoms with van der Waals surface area (Å²) >= 11 is 1.75. The first kappa shape index (κ1) is 10.1. The molecule has 0 radical (unpaired) electrons. The van der Waals surface area contributed by atoms with Crippen molar-refractivity contribution >= 4 is 11.3 Å². The van der Waals surface area contributed by atoms with Crippen LogP contribution in [0.25, 0.3) is 0 Å². The first-order chi connectivity index (χ1) is 6.79. The number of hydrogen-bond donors (Lipinski definition) is 1. The minimum atomic E-state index is 0.566. The summed E-state index contributed by atoms with van der Waals surface area (Å²) in [5, 5.41) is 3.31. The summed E-state index contributed by atoms with van der Waals surface area (Å²) in [4.78, 5) is 6.93. The van der Waals surface area contributed by atoms with Gasteiger partial charge in [0.25, 0.3) is 0 Å². The molecule has 2 heterocycles. The average molecular weight is 211 g/mol. The lowest BCUT2D eigenvalue weighted by Crippen LogP contribution is -2.26. The van der Waals surface area contributed by atoms with Gasteiger partial charge in [0, 0.05) is 24.4 Å². The molecule has 1 atom stereocenters. The van der Waals surface area contributed by atoms with Crippen molar-refractivity contribution in [2.24, 2.45) is 5.73 Å². The van der Waals surface area contributed by atoms with Crippen LogP contribution in [-0.2, 0) is 13.0 Å². The molecule has 1 aromatic heterocycles. The van der Waals surface area contributed by atoms with Crippen molar-refractivity contribution in [3.8, 4) is 0 Å². The topological polar surface area (TPSA) is 42.2 Å². The zero-order valence-electron chi connectivity index (χ0n) is 8.57. The number of hydrogen-bond acceptors (Lipinski definition) is 4. The second-order valence-corrected chi connectivity index (χ2v) is 4.86. The maximum Gasteiger partial charge on any atom is 0.0944 e. The maximum atomic E-state index is 5.53. The van der Waals surface area contributed by atoms with Crippen molar-refractivity contribution in [1.29, 1.82) is 0 Å². The highest BCUT2D eigenvalue weighted by atomic mass is 32.1. The molecule has 0 saturated carbocycles. The molecule has 3 nitrogen and oxygen atoms in total. The summed E-state index contributed by atoms with van der Waals surface area (Å²) in [5.41, 5.74) is 6.57. The molecule has 1 aliphatic rings. The molecule has 0 aliphatic carbocycles. The minimum absolute atomic E-state index is 0.566. The molecular formula is C10H17N3S. The normalized spacial score (nSPS) is 23.1. The van der Waals surface area contributed by atoms with E-state index in [2.05, 4.69) is 22.3 Å². The number of aromatic nitrogens is 1. The van der Waals surface area contributed by atoms with E-state index >= 15 is 0 Å². The second-order valence-electron chi connectivity index (χ2n) is 3.92.